The summed E-state index contributed by atoms with van der Waals surface area (Å²) in [5, 5.41) is 8.56. The third-order valence-corrected chi connectivity index (χ3v) is 3.73. The van der Waals surface area contributed by atoms with Crippen LogP contribution < -0.4 is 0 Å². The first-order chi connectivity index (χ1) is 10.2. The molecule has 1 heterocycles. The molecule has 2 atom stereocenters. The minimum absolute atomic E-state index is 0.252. The number of aliphatic carboxylic acids is 1. The van der Waals surface area contributed by atoms with Crippen molar-refractivity contribution in [1.29, 1.82) is 0 Å². The Morgan fingerprint density at radius 2 is 2.10 bits per heavy atom. The lowest BCUT2D eigenvalue weighted by Crippen LogP contribution is -2.13. The molecule has 0 bridgehead atoms. The van der Waals surface area contributed by atoms with Crippen LogP contribution in [-0.2, 0) is 14.3 Å². The van der Waals surface area contributed by atoms with E-state index in [-0.39, 0.29) is 6.42 Å². The normalized spacial score (nSPS) is 22.3. The van der Waals surface area contributed by atoms with E-state index in [9.17, 15) is 4.79 Å². The van der Waals surface area contributed by atoms with Gasteiger partial charge in [0.15, 0.2) is 0 Å². The molecule has 1 fully saturated rings. The topological polar surface area (TPSA) is 55.8 Å². The highest BCUT2D eigenvalue weighted by atomic mass is 16.5. The molecule has 0 aromatic carbocycles. The van der Waals surface area contributed by atoms with Crippen LogP contribution >= 0.6 is 0 Å². The van der Waals surface area contributed by atoms with Crippen LogP contribution in [0.15, 0.2) is 24.5 Å². The van der Waals surface area contributed by atoms with E-state index in [0.29, 0.717) is 18.3 Å². The first kappa shape index (κ1) is 17.8. The predicted octanol–water partition coefficient (Wildman–Crippen LogP) is 3.78. The molecule has 0 unspecified atom stereocenters. The van der Waals surface area contributed by atoms with Crippen LogP contribution in [0.4, 0.5) is 0 Å². The van der Waals surface area contributed by atoms with Crippen molar-refractivity contribution in [2.45, 2.75) is 45.4 Å². The van der Waals surface area contributed by atoms with Crippen LogP contribution in [0, 0.1) is 11.8 Å². The van der Waals surface area contributed by atoms with Crippen molar-refractivity contribution in [1.82, 2.24) is 0 Å². The number of allylic oxidation sites excluding steroid dienone is 3. The zero-order valence-electron chi connectivity index (χ0n) is 13.0. The summed E-state index contributed by atoms with van der Waals surface area (Å²) < 4.78 is 11.0. The average Bonchev–Trinajstić information content (AvgIpc) is 2.89. The molecule has 0 spiro atoms. The standard InChI is InChI=1S/C17H28O4/c1-2-3-11-20-12-10-16-14-21-13-15(16)8-6-4-5-7-9-17(18)19/h3-4,6,11,15-16H,2,5,7-10,12-14H2,1H3,(H,18,19)/b6-4-,11-3?/t15-,16+/m0/s1. The molecule has 0 aromatic heterocycles. The fraction of sp³-hybridized carbons (Fsp3) is 0.706. The molecule has 0 radical (unpaired) electrons. The first-order valence-electron chi connectivity index (χ1n) is 7.95. The molecule has 1 rings (SSSR count). The molecular weight excluding hydrogens is 268 g/mol. The van der Waals surface area contributed by atoms with Gasteiger partial charge in [-0.15, -0.1) is 0 Å². The number of hydrogen-bond donors (Lipinski definition) is 1. The highest BCUT2D eigenvalue weighted by Crippen LogP contribution is 2.27. The quantitative estimate of drug-likeness (QED) is 0.358. The van der Waals surface area contributed by atoms with E-state index < -0.39 is 5.97 Å². The van der Waals surface area contributed by atoms with Crippen molar-refractivity contribution in [3.8, 4) is 0 Å². The van der Waals surface area contributed by atoms with Crippen molar-refractivity contribution >= 4 is 5.97 Å². The number of carboxylic acid groups (broad SMARTS) is 1. The van der Waals surface area contributed by atoms with E-state index in [0.717, 1.165) is 45.5 Å². The minimum Gasteiger partial charge on any atom is -0.502 e. The maximum Gasteiger partial charge on any atom is 0.303 e. The molecule has 4 heteroatoms. The van der Waals surface area contributed by atoms with E-state index >= 15 is 0 Å². The Labute approximate surface area is 127 Å². The lowest BCUT2D eigenvalue weighted by molar-refractivity contribution is -0.137. The SMILES string of the molecule is CCC=COCC[C@@H]1COC[C@@H]1C/C=C\CCCC(=O)O. The molecule has 1 saturated heterocycles. The summed E-state index contributed by atoms with van der Waals surface area (Å²) >= 11 is 0. The maximum atomic E-state index is 10.4. The highest BCUT2D eigenvalue weighted by Gasteiger charge is 2.26. The zero-order chi connectivity index (χ0) is 15.3. The van der Waals surface area contributed by atoms with E-state index in [1.165, 1.54) is 0 Å². The highest BCUT2D eigenvalue weighted by molar-refractivity contribution is 5.66. The summed E-state index contributed by atoms with van der Waals surface area (Å²) in [6, 6.07) is 0. The predicted molar refractivity (Wildman–Crippen MR) is 83.0 cm³/mol. The monoisotopic (exact) mass is 296 g/mol. The number of unbranched alkanes of at least 4 members (excludes halogenated alkanes) is 1. The third-order valence-electron chi connectivity index (χ3n) is 3.73. The van der Waals surface area contributed by atoms with Gasteiger partial charge < -0.3 is 14.6 Å². The fourth-order valence-corrected chi connectivity index (χ4v) is 2.43. The molecule has 120 valence electrons. The van der Waals surface area contributed by atoms with E-state index in [4.69, 9.17) is 14.6 Å². The Bertz CT molecular complexity index is 336. The molecule has 0 aliphatic carbocycles. The first-order valence-corrected chi connectivity index (χ1v) is 7.95. The van der Waals surface area contributed by atoms with Gasteiger partial charge in [0.2, 0.25) is 0 Å². The number of hydrogen-bond acceptors (Lipinski definition) is 3. The summed E-state index contributed by atoms with van der Waals surface area (Å²) in [4.78, 5) is 10.4. The van der Waals surface area contributed by atoms with Gasteiger partial charge in [0.1, 0.15) is 0 Å². The Kier molecular flexibility index (Phi) is 9.62. The number of ether oxygens (including phenoxy) is 2. The van der Waals surface area contributed by atoms with Crippen LogP contribution in [-0.4, -0.2) is 30.9 Å². The molecule has 0 saturated carbocycles. The molecule has 1 N–H and O–H groups in total. The number of carboxylic acids is 1. The van der Waals surface area contributed by atoms with Crippen molar-refractivity contribution in [2.75, 3.05) is 19.8 Å². The van der Waals surface area contributed by atoms with Crippen molar-refractivity contribution in [3.05, 3.63) is 24.5 Å². The second-order valence-electron chi connectivity index (χ2n) is 5.49. The van der Waals surface area contributed by atoms with E-state index in [2.05, 4.69) is 19.1 Å². The van der Waals surface area contributed by atoms with Crippen LogP contribution in [0.5, 0.6) is 0 Å². The Hall–Kier alpha value is -1.29. The molecule has 21 heavy (non-hydrogen) atoms. The summed E-state index contributed by atoms with van der Waals surface area (Å²) in [7, 11) is 0. The van der Waals surface area contributed by atoms with Gasteiger partial charge in [0, 0.05) is 13.0 Å². The Morgan fingerprint density at radius 1 is 1.29 bits per heavy atom. The minimum atomic E-state index is -0.718. The van der Waals surface area contributed by atoms with Gasteiger partial charge in [-0.05, 0) is 43.9 Å². The summed E-state index contributed by atoms with van der Waals surface area (Å²) in [6.07, 6.45) is 12.9. The van der Waals surface area contributed by atoms with Crippen molar-refractivity contribution in [3.63, 3.8) is 0 Å². The van der Waals surface area contributed by atoms with Crippen LogP contribution in [0.1, 0.15) is 45.4 Å². The molecule has 1 aliphatic rings. The smallest absolute Gasteiger partial charge is 0.303 e. The summed E-state index contributed by atoms with van der Waals surface area (Å²) in [5.74, 6) is 0.424. The second kappa shape index (κ2) is 11.4. The van der Waals surface area contributed by atoms with E-state index in [1.807, 2.05) is 6.08 Å². The lowest BCUT2D eigenvalue weighted by Gasteiger charge is -2.15. The van der Waals surface area contributed by atoms with Crippen LogP contribution in [0.3, 0.4) is 0 Å². The summed E-state index contributed by atoms with van der Waals surface area (Å²) in [6.45, 7) is 4.50. The van der Waals surface area contributed by atoms with Gasteiger partial charge in [0.25, 0.3) is 0 Å². The lowest BCUT2D eigenvalue weighted by atomic mass is 9.90. The van der Waals surface area contributed by atoms with Gasteiger partial charge in [-0.25, -0.2) is 0 Å². The molecular formula is C17H28O4. The fourth-order valence-electron chi connectivity index (χ4n) is 2.43. The largest absolute Gasteiger partial charge is 0.502 e. The van der Waals surface area contributed by atoms with Gasteiger partial charge in [-0.1, -0.05) is 25.2 Å². The zero-order valence-corrected chi connectivity index (χ0v) is 13.0. The summed E-state index contributed by atoms with van der Waals surface area (Å²) in [5.41, 5.74) is 0. The molecule has 0 aromatic rings. The van der Waals surface area contributed by atoms with Gasteiger partial charge in [0.05, 0.1) is 19.5 Å². The van der Waals surface area contributed by atoms with Crippen LogP contribution in [0.2, 0.25) is 0 Å². The molecule has 4 nitrogen and oxygen atoms in total. The van der Waals surface area contributed by atoms with Gasteiger partial charge >= 0.3 is 5.97 Å². The Balaban J connectivity index is 2.13. The van der Waals surface area contributed by atoms with Gasteiger partial charge in [-0.3, -0.25) is 4.79 Å². The average molecular weight is 296 g/mol. The van der Waals surface area contributed by atoms with Crippen LogP contribution in [0.25, 0.3) is 0 Å². The van der Waals surface area contributed by atoms with E-state index in [1.54, 1.807) is 6.26 Å². The molecule has 1 aliphatic heterocycles. The number of rotatable bonds is 11. The number of carbonyl (C=O) groups is 1. The Morgan fingerprint density at radius 3 is 2.86 bits per heavy atom. The van der Waals surface area contributed by atoms with Crippen molar-refractivity contribution in [2.24, 2.45) is 11.8 Å². The maximum absolute atomic E-state index is 10.4. The molecule has 0 amide bonds. The third kappa shape index (κ3) is 8.56. The van der Waals surface area contributed by atoms with Crippen molar-refractivity contribution < 1.29 is 19.4 Å². The van der Waals surface area contributed by atoms with Gasteiger partial charge in [-0.2, -0.15) is 0 Å². The second-order valence-corrected chi connectivity index (χ2v) is 5.49.